The van der Waals surface area contributed by atoms with Crippen molar-refractivity contribution in [3.63, 3.8) is 0 Å². The lowest BCUT2D eigenvalue weighted by molar-refractivity contribution is -0.148. The van der Waals surface area contributed by atoms with Gasteiger partial charge in [0.05, 0.1) is 12.5 Å². The van der Waals surface area contributed by atoms with Gasteiger partial charge in [0.15, 0.2) is 0 Å². The number of esters is 1. The fourth-order valence-electron chi connectivity index (χ4n) is 2.06. The zero-order valence-electron chi connectivity index (χ0n) is 11.4. The van der Waals surface area contributed by atoms with Crippen LogP contribution in [0.25, 0.3) is 0 Å². The molecule has 19 heavy (non-hydrogen) atoms. The lowest BCUT2D eigenvalue weighted by Gasteiger charge is -2.22. The van der Waals surface area contributed by atoms with E-state index in [4.69, 9.17) is 21.1 Å². The molecule has 5 nitrogen and oxygen atoms in total. The molecule has 0 aromatic heterocycles. The van der Waals surface area contributed by atoms with E-state index >= 15 is 0 Å². The molecule has 0 spiro atoms. The number of rotatable bonds is 7. The first-order valence-corrected chi connectivity index (χ1v) is 7.40. The zero-order valence-corrected chi connectivity index (χ0v) is 12.2. The zero-order chi connectivity index (χ0) is 14.1. The van der Waals surface area contributed by atoms with Gasteiger partial charge in [0.1, 0.15) is 12.6 Å². The third kappa shape index (κ3) is 5.27. The first kappa shape index (κ1) is 16.1. The van der Waals surface area contributed by atoms with Crippen LogP contribution in [0.1, 0.15) is 39.0 Å². The molecule has 1 amide bonds. The van der Waals surface area contributed by atoms with Crippen LogP contribution in [0.15, 0.2) is 0 Å². The van der Waals surface area contributed by atoms with E-state index in [2.05, 4.69) is 6.92 Å². The summed E-state index contributed by atoms with van der Waals surface area (Å²) in [6.45, 7) is 3.21. The van der Waals surface area contributed by atoms with E-state index in [1.165, 1.54) is 4.90 Å². The van der Waals surface area contributed by atoms with Gasteiger partial charge >= 0.3 is 12.1 Å². The number of ether oxygens (including phenoxy) is 2. The molecular formula is C13H22ClNO4. The number of likely N-dealkylation sites (tertiary alicyclic amines) is 1. The fraction of sp³-hybridized carbons (Fsp3) is 0.846. The number of halogens is 1. The molecule has 1 atom stereocenters. The molecule has 110 valence electrons. The summed E-state index contributed by atoms with van der Waals surface area (Å²) in [5.41, 5.74) is 0. The van der Waals surface area contributed by atoms with Crippen molar-refractivity contribution in [2.45, 2.75) is 45.1 Å². The molecule has 1 heterocycles. The summed E-state index contributed by atoms with van der Waals surface area (Å²) >= 11 is 5.46. The average molecular weight is 292 g/mol. The largest absolute Gasteiger partial charge is 0.464 e. The molecule has 1 saturated heterocycles. The normalized spacial score (nSPS) is 18.4. The number of alkyl halides is 1. The lowest BCUT2D eigenvalue weighted by atomic mass is 10.2. The minimum Gasteiger partial charge on any atom is -0.464 e. The number of nitrogens with zero attached hydrogens (tertiary/aromatic N) is 1. The van der Waals surface area contributed by atoms with E-state index in [0.717, 1.165) is 25.7 Å². The Labute approximate surface area is 119 Å². The first-order valence-electron chi connectivity index (χ1n) is 6.86. The third-order valence-electron chi connectivity index (χ3n) is 3.05. The monoisotopic (exact) mass is 291 g/mol. The Balaban J connectivity index is 2.37. The van der Waals surface area contributed by atoms with Gasteiger partial charge in [0.25, 0.3) is 0 Å². The van der Waals surface area contributed by atoms with Crippen LogP contribution in [-0.4, -0.2) is 48.6 Å². The topological polar surface area (TPSA) is 55.8 Å². The Hall–Kier alpha value is -0.970. The second-order valence-electron chi connectivity index (χ2n) is 4.53. The Kier molecular flexibility index (Phi) is 7.63. The Morgan fingerprint density at radius 2 is 2.05 bits per heavy atom. The first-order chi connectivity index (χ1) is 9.20. The van der Waals surface area contributed by atoms with Gasteiger partial charge in [-0.2, -0.15) is 0 Å². The van der Waals surface area contributed by atoms with Gasteiger partial charge in [-0.3, -0.25) is 4.90 Å². The summed E-state index contributed by atoms with van der Waals surface area (Å²) in [5, 5.41) is 0. The summed E-state index contributed by atoms with van der Waals surface area (Å²) < 4.78 is 10.1. The minimum absolute atomic E-state index is 0.162. The number of hydrogen-bond acceptors (Lipinski definition) is 4. The van der Waals surface area contributed by atoms with E-state index in [1.54, 1.807) is 0 Å². The van der Waals surface area contributed by atoms with E-state index in [1.807, 2.05) is 0 Å². The summed E-state index contributed by atoms with van der Waals surface area (Å²) in [6, 6.07) is -0.496. The van der Waals surface area contributed by atoms with Gasteiger partial charge in [0, 0.05) is 6.54 Å². The molecule has 1 unspecified atom stereocenters. The van der Waals surface area contributed by atoms with Crippen molar-refractivity contribution in [2.75, 3.05) is 25.6 Å². The molecule has 0 aromatic rings. The van der Waals surface area contributed by atoms with E-state index in [-0.39, 0.29) is 18.5 Å². The Bertz CT molecular complexity index is 298. The maximum absolute atomic E-state index is 11.9. The number of carbonyl (C=O) groups excluding carboxylic acids is 2. The molecule has 0 bridgehead atoms. The van der Waals surface area contributed by atoms with Crippen molar-refractivity contribution >= 4 is 23.7 Å². The summed E-state index contributed by atoms with van der Waals surface area (Å²) in [7, 11) is 0. The molecule has 1 fully saturated rings. The highest BCUT2D eigenvalue weighted by molar-refractivity contribution is 6.18. The quantitative estimate of drug-likeness (QED) is 0.411. The summed E-state index contributed by atoms with van der Waals surface area (Å²) in [6.07, 6.45) is 3.95. The van der Waals surface area contributed by atoms with Gasteiger partial charge in [-0.1, -0.05) is 19.8 Å². The summed E-state index contributed by atoms with van der Waals surface area (Å²) in [4.78, 5) is 25.1. The molecule has 0 saturated carbocycles. The predicted octanol–water partition coefficient (Wildman–Crippen LogP) is 2.56. The lowest BCUT2D eigenvalue weighted by Crippen LogP contribution is -2.42. The molecule has 1 aliphatic heterocycles. The number of carbonyl (C=O) groups is 2. The van der Waals surface area contributed by atoms with Crippen molar-refractivity contribution in [1.29, 1.82) is 0 Å². The predicted molar refractivity (Wildman–Crippen MR) is 72.3 cm³/mol. The van der Waals surface area contributed by atoms with Crippen LogP contribution in [-0.2, 0) is 14.3 Å². The van der Waals surface area contributed by atoms with Crippen molar-refractivity contribution in [3.05, 3.63) is 0 Å². The van der Waals surface area contributed by atoms with Crippen molar-refractivity contribution in [2.24, 2.45) is 0 Å². The fourth-order valence-corrected chi connectivity index (χ4v) is 2.14. The molecular weight excluding hydrogens is 270 g/mol. The molecule has 0 aliphatic carbocycles. The van der Waals surface area contributed by atoms with Gasteiger partial charge in [-0.05, 0) is 19.3 Å². The van der Waals surface area contributed by atoms with Crippen molar-refractivity contribution in [3.8, 4) is 0 Å². The summed E-state index contributed by atoms with van der Waals surface area (Å²) in [5.74, 6) is -0.0671. The highest BCUT2D eigenvalue weighted by atomic mass is 35.5. The van der Waals surface area contributed by atoms with E-state index in [9.17, 15) is 9.59 Å². The van der Waals surface area contributed by atoms with Crippen LogP contribution in [0.4, 0.5) is 4.79 Å². The highest BCUT2D eigenvalue weighted by Crippen LogP contribution is 2.19. The molecule has 6 heteroatoms. The van der Waals surface area contributed by atoms with Crippen LogP contribution in [0.2, 0.25) is 0 Å². The van der Waals surface area contributed by atoms with Crippen LogP contribution >= 0.6 is 11.6 Å². The van der Waals surface area contributed by atoms with Gasteiger partial charge in [-0.15, -0.1) is 11.6 Å². The minimum atomic E-state index is -0.496. The molecule has 1 aliphatic rings. The van der Waals surface area contributed by atoms with Gasteiger partial charge in [0.2, 0.25) is 0 Å². The average Bonchev–Trinajstić information content (AvgIpc) is 2.90. The Morgan fingerprint density at radius 3 is 2.74 bits per heavy atom. The van der Waals surface area contributed by atoms with Crippen LogP contribution in [0, 0.1) is 0 Å². The molecule has 0 radical (unpaired) electrons. The van der Waals surface area contributed by atoms with Crippen LogP contribution in [0.3, 0.4) is 0 Å². The molecule has 0 aromatic carbocycles. The van der Waals surface area contributed by atoms with Crippen molar-refractivity contribution < 1.29 is 19.1 Å². The second-order valence-corrected chi connectivity index (χ2v) is 4.91. The van der Waals surface area contributed by atoms with Gasteiger partial charge in [-0.25, -0.2) is 9.59 Å². The van der Waals surface area contributed by atoms with Crippen molar-refractivity contribution in [1.82, 2.24) is 4.90 Å². The van der Waals surface area contributed by atoms with E-state index < -0.39 is 12.1 Å². The SMILES string of the molecule is CCCCCOC(=O)C1CCCN1C(=O)OCCCl. The van der Waals surface area contributed by atoms with Gasteiger partial charge < -0.3 is 9.47 Å². The maximum atomic E-state index is 11.9. The standard InChI is InChI=1S/C13H22ClNO4/c1-2-3-4-9-18-12(16)11-6-5-8-15(11)13(17)19-10-7-14/h11H,2-10H2,1H3. The number of unbranched alkanes of at least 4 members (excludes halogenated alkanes) is 2. The van der Waals surface area contributed by atoms with Crippen LogP contribution < -0.4 is 0 Å². The highest BCUT2D eigenvalue weighted by Gasteiger charge is 2.36. The third-order valence-corrected chi connectivity index (χ3v) is 3.21. The Morgan fingerprint density at radius 1 is 1.26 bits per heavy atom. The smallest absolute Gasteiger partial charge is 0.410 e. The maximum Gasteiger partial charge on any atom is 0.410 e. The van der Waals surface area contributed by atoms with Crippen LogP contribution in [0.5, 0.6) is 0 Å². The number of hydrogen-bond donors (Lipinski definition) is 0. The number of amides is 1. The molecule has 1 rings (SSSR count). The molecule has 0 N–H and O–H groups in total. The second kappa shape index (κ2) is 9.02. The van der Waals surface area contributed by atoms with E-state index in [0.29, 0.717) is 19.6 Å².